The SMILES string of the molecule is COCN(C(=O)O)[C@H]1CCC[C@H](CCC(C)C)[C@@H](O)[C@H](C)OC1=O. The van der Waals surface area contributed by atoms with Crippen LogP contribution in [0.4, 0.5) is 4.79 Å². The van der Waals surface area contributed by atoms with Crippen LogP contribution >= 0.6 is 0 Å². The van der Waals surface area contributed by atoms with Gasteiger partial charge in [-0.2, -0.15) is 0 Å². The van der Waals surface area contributed by atoms with Gasteiger partial charge in [-0.15, -0.1) is 0 Å². The molecule has 1 amide bonds. The normalized spacial score (nSPS) is 28.7. The molecule has 24 heavy (non-hydrogen) atoms. The summed E-state index contributed by atoms with van der Waals surface area (Å²) in [7, 11) is 1.38. The van der Waals surface area contributed by atoms with Gasteiger partial charge in [0.05, 0.1) is 6.10 Å². The average Bonchev–Trinajstić information content (AvgIpc) is 2.55. The van der Waals surface area contributed by atoms with Gasteiger partial charge in [0.15, 0.2) is 0 Å². The molecule has 0 spiro atoms. The van der Waals surface area contributed by atoms with E-state index in [-0.39, 0.29) is 12.6 Å². The first-order valence-corrected chi connectivity index (χ1v) is 8.65. The number of methoxy groups -OCH3 is 1. The molecule has 1 saturated heterocycles. The molecule has 1 heterocycles. The third-order valence-corrected chi connectivity index (χ3v) is 4.60. The van der Waals surface area contributed by atoms with Crippen LogP contribution in [-0.4, -0.2) is 59.3 Å². The first-order valence-electron chi connectivity index (χ1n) is 8.65. The lowest BCUT2D eigenvalue weighted by Crippen LogP contribution is -2.47. The van der Waals surface area contributed by atoms with Gasteiger partial charge in [-0.3, -0.25) is 4.90 Å². The summed E-state index contributed by atoms with van der Waals surface area (Å²) in [6, 6.07) is -0.902. The van der Waals surface area contributed by atoms with Gasteiger partial charge >= 0.3 is 12.1 Å². The van der Waals surface area contributed by atoms with Crippen LogP contribution < -0.4 is 0 Å². The van der Waals surface area contributed by atoms with E-state index in [1.165, 1.54) is 7.11 Å². The molecule has 0 aromatic heterocycles. The molecule has 0 bridgehead atoms. The second-order valence-corrected chi connectivity index (χ2v) is 6.98. The topological polar surface area (TPSA) is 96.3 Å². The molecule has 0 aromatic rings. The van der Waals surface area contributed by atoms with Gasteiger partial charge in [-0.05, 0) is 38.0 Å². The highest BCUT2D eigenvalue weighted by Crippen LogP contribution is 2.28. The summed E-state index contributed by atoms with van der Waals surface area (Å²) in [5.74, 6) is -0.0280. The first-order chi connectivity index (χ1) is 11.3. The fourth-order valence-electron chi connectivity index (χ4n) is 3.14. The maximum absolute atomic E-state index is 12.4. The molecular weight excluding hydrogens is 314 g/mol. The summed E-state index contributed by atoms with van der Waals surface area (Å²) in [5.41, 5.74) is 0. The summed E-state index contributed by atoms with van der Waals surface area (Å²) >= 11 is 0. The van der Waals surface area contributed by atoms with Crippen LogP contribution in [0.1, 0.15) is 52.9 Å². The second kappa shape index (κ2) is 9.84. The van der Waals surface area contributed by atoms with E-state index >= 15 is 0 Å². The quantitative estimate of drug-likeness (QED) is 0.567. The number of aliphatic hydroxyl groups excluding tert-OH is 1. The highest BCUT2D eigenvalue weighted by atomic mass is 16.6. The molecule has 1 aliphatic heterocycles. The van der Waals surface area contributed by atoms with E-state index in [2.05, 4.69) is 13.8 Å². The van der Waals surface area contributed by atoms with Crippen LogP contribution in [0, 0.1) is 11.8 Å². The lowest BCUT2D eigenvalue weighted by molar-refractivity contribution is -0.162. The Kier molecular flexibility index (Phi) is 8.48. The van der Waals surface area contributed by atoms with Crippen molar-refractivity contribution in [1.82, 2.24) is 4.90 Å². The molecule has 140 valence electrons. The van der Waals surface area contributed by atoms with Crippen LogP contribution in [0.2, 0.25) is 0 Å². The number of nitrogens with zero attached hydrogens (tertiary/aromatic N) is 1. The number of carboxylic acid groups (broad SMARTS) is 1. The van der Waals surface area contributed by atoms with E-state index in [1.807, 2.05) is 0 Å². The van der Waals surface area contributed by atoms with Crippen molar-refractivity contribution in [2.45, 2.75) is 71.1 Å². The van der Waals surface area contributed by atoms with Crippen molar-refractivity contribution >= 4 is 12.1 Å². The standard InChI is InChI=1S/C17H31NO6/c1-11(2)8-9-13-6-5-7-14(18(10-23-4)17(21)22)16(20)24-12(3)15(13)19/h11-15,19H,5-10H2,1-4H3,(H,21,22)/t12-,13+,14-,15-/m0/s1. The largest absolute Gasteiger partial charge is 0.465 e. The van der Waals surface area contributed by atoms with Crippen LogP contribution in [0.3, 0.4) is 0 Å². The Hall–Kier alpha value is -1.34. The first kappa shape index (κ1) is 20.7. The molecule has 0 radical (unpaired) electrons. The molecule has 0 aliphatic carbocycles. The zero-order valence-electron chi connectivity index (χ0n) is 15.1. The summed E-state index contributed by atoms with van der Waals surface area (Å²) < 4.78 is 10.3. The van der Waals surface area contributed by atoms with E-state index in [9.17, 15) is 19.8 Å². The van der Waals surface area contributed by atoms with Crippen molar-refractivity contribution < 1.29 is 29.3 Å². The van der Waals surface area contributed by atoms with Crippen LogP contribution in [-0.2, 0) is 14.3 Å². The minimum absolute atomic E-state index is 0.0506. The molecule has 2 N–H and O–H groups in total. The van der Waals surface area contributed by atoms with Gasteiger partial charge in [0.25, 0.3) is 0 Å². The molecule has 0 unspecified atom stereocenters. The zero-order valence-corrected chi connectivity index (χ0v) is 15.1. The van der Waals surface area contributed by atoms with Crippen molar-refractivity contribution in [2.75, 3.05) is 13.8 Å². The zero-order chi connectivity index (χ0) is 18.3. The Balaban J connectivity index is 2.87. The smallest absolute Gasteiger partial charge is 0.409 e. The third-order valence-electron chi connectivity index (χ3n) is 4.60. The Labute approximate surface area is 143 Å². The van der Waals surface area contributed by atoms with E-state index in [0.717, 1.165) is 24.2 Å². The molecule has 1 aliphatic rings. The van der Waals surface area contributed by atoms with Crippen LogP contribution in [0.25, 0.3) is 0 Å². The van der Waals surface area contributed by atoms with Gasteiger partial charge < -0.3 is 19.7 Å². The van der Waals surface area contributed by atoms with Crippen LogP contribution in [0.5, 0.6) is 0 Å². The lowest BCUT2D eigenvalue weighted by Gasteiger charge is -2.28. The summed E-state index contributed by atoms with van der Waals surface area (Å²) in [6.45, 7) is 5.74. The number of rotatable bonds is 6. The van der Waals surface area contributed by atoms with Gasteiger partial charge in [0.2, 0.25) is 0 Å². The average molecular weight is 345 g/mol. The highest BCUT2D eigenvalue weighted by Gasteiger charge is 2.36. The van der Waals surface area contributed by atoms with Gasteiger partial charge in [-0.1, -0.05) is 26.7 Å². The fraction of sp³-hybridized carbons (Fsp3) is 0.882. The summed E-state index contributed by atoms with van der Waals surface area (Å²) in [5, 5.41) is 19.8. The monoisotopic (exact) mass is 345 g/mol. The predicted molar refractivity (Wildman–Crippen MR) is 88.5 cm³/mol. The highest BCUT2D eigenvalue weighted by molar-refractivity contribution is 5.80. The number of carbonyl (C=O) groups excluding carboxylic acids is 1. The number of aliphatic hydroxyl groups is 1. The Morgan fingerprint density at radius 3 is 2.62 bits per heavy atom. The Bertz CT molecular complexity index is 414. The predicted octanol–water partition coefficient (Wildman–Crippen LogP) is 2.47. The Morgan fingerprint density at radius 1 is 1.42 bits per heavy atom. The van der Waals surface area contributed by atoms with Crippen molar-refractivity contribution in [3.63, 3.8) is 0 Å². The van der Waals surface area contributed by atoms with Gasteiger partial charge in [0, 0.05) is 7.11 Å². The minimum Gasteiger partial charge on any atom is -0.465 e. The fourth-order valence-corrected chi connectivity index (χ4v) is 3.14. The number of carbonyl (C=O) groups is 2. The number of hydrogen-bond donors (Lipinski definition) is 2. The van der Waals surface area contributed by atoms with Crippen molar-refractivity contribution in [2.24, 2.45) is 11.8 Å². The molecule has 4 atom stereocenters. The van der Waals surface area contributed by atoms with E-state index in [4.69, 9.17) is 9.47 Å². The van der Waals surface area contributed by atoms with Gasteiger partial charge in [-0.25, -0.2) is 9.59 Å². The number of hydrogen-bond acceptors (Lipinski definition) is 5. The number of cyclic esters (lactones) is 1. The molecule has 1 fully saturated rings. The van der Waals surface area contributed by atoms with Crippen molar-refractivity contribution in [3.8, 4) is 0 Å². The Morgan fingerprint density at radius 2 is 2.08 bits per heavy atom. The lowest BCUT2D eigenvalue weighted by atomic mass is 9.86. The van der Waals surface area contributed by atoms with Crippen LogP contribution in [0.15, 0.2) is 0 Å². The van der Waals surface area contributed by atoms with E-state index in [1.54, 1.807) is 6.92 Å². The van der Waals surface area contributed by atoms with E-state index < -0.39 is 30.3 Å². The third kappa shape index (κ3) is 5.94. The number of amides is 1. The molecule has 7 nitrogen and oxygen atoms in total. The van der Waals surface area contributed by atoms with Crippen molar-refractivity contribution in [3.05, 3.63) is 0 Å². The number of esters is 1. The molecule has 1 rings (SSSR count). The van der Waals surface area contributed by atoms with Crippen molar-refractivity contribution in [1.29, 1.82) is 0 Å². The molecule has 0 aromatic carbocycles. The summed E-state index contributed by atoms with van der Waals surface area (Å²) in [4.78, 5) is 24.7. The molecule has 0 saturated carbocycles. The van der Waals surface area contributed by atoms with E-state index in [0.29, 0.717) is 18.8 Å². The maximum atomic E-state index is 12.4. The summed E-state index contributed by atoms with van der Waals surface area (Å²) in [6.07, 6.45) is 1.02. The molecule has 7 heteroatoms. The minimum atomic E-state index is -1.22. The molecular formula is C17H31NO6. The second-order valence-electron chi connectivity index (χ2n) is 6.98. The van der Waals surface area contributed by atoms with Gasteiger partial charge in [0.1, 0.15) is 18.9 Å². The number of ether oxygens (including phenoxy) is 2. The maximum Gasteiger partial charge on any atom is 0.409 e.